The Balaban J connectivity index is 2.30. The maximum atomic E-state index is 6.00. The highest BCUT2D eigenvalue weighted by Crippen LogP contribution is 2.26. The van der Waals surface area contributed by atoms with E-state index in [0.29, 0.717) is 0 Å². The first-order chi connectivity index (χ1) is 8.70. The first-order valence-electron chi connectivity index (χ1n) is 6.41. The number of hydrogen-bond acceptors (Lipinski definition) is 2. The first kappa shape index (κ1) is 12.5. The van der Waals surface area contributed by atoms with Crippen LogP contribution in [0.4, 0.5) is 17.1 Å². The molecule has 2 heteroatoms. The highest BCUT2D eigenvalue weighted by molar-refractivity contribution is 5.74. The molecule has 0 aromatic heterocycles. The maximum Gasteiger partial charge on any atom is 0.0620 e. The quantitative estimate of drug-likeness (QED) is 0.783. The van der Waals surface area contributed by atoms with Crippen molar-refractivity contribution in [2.75, 3.05) is 11.1 Å². The van der Waals surface area contributed by atoms with E-state index in [4.69, 9.17) is 5.73 Å². The molecule has 0 heterocycles. The summed E-state index contributed by atoms with van der Waals surface area (Å²) >= 11 is 0. The number of benzene rings is 2. The fourth-order valence-electron chi connectivity index (χ4n) is 2.05. The lowest BCUT2D eigenvalue weighted by Crippen LogP contribution is -1.99. The number of anilines is 3. The maximum absolute atomic E-state index is 6.00. The average molecular weight is 240 g/mol. The Morgan fingerprint density at radius 2 is 1.83 bits per heavy atom. The molecule has 0 atom stereocenters. The Kier molecular flexibility index (Phi) is 3.88. The first-order valence-corrected chi connectivity index (χ1v) is 6.41. The average Bonchev–Trinajstić information content (AvgIpc) is 2.36. The number of nitrogens with two attached hydrogens (primary N) is 1. The van der Waals surface area contributed by atoms with Crippen molar-refractivity contribution in [3.8, 4) is 0 Å². The summed E-state index contributed by atoms with van der Waals surface area (Å²) in [6, 6.07) is 14.4. The van der Waals surface area contributed by atoms with Crippen LogP contribution in [0.3, 0.4) is 0 Å². The molecule has 94 valence electrons. The van der Waals surface area contributed by atoms with Gasteiger partial charge in [-0.1, -0.05) is 37.6 Å². The van der Waals surface area contributed by atoms with Crippen LogP contribution in [0.25, 0.3) is 0 Å². The van der Waals surface area contributed by atoms with Crippen molar-refractivity contribution < 1.29 is 0 Å². The molecular weight excluding hydrogens is 220 g/mol. The Bertz CT molecular complexity index is 532. The van der Waals surface area contributed by atoms with Crippen LogP contribution in [0.5, 0.6) is 0 Å². The molecule has 2 nitrogen and oxygen atoms in total. The van der Waals surface area contributed by atoms with Crippen molar-refractivity contribution in [3.05, 3.63) is 53.6 Å². The Morgan fingerprint density at radius 1 is 1.06 bits per heavy atom. The molecular formula is C16H20N2. The molecule has 0 saturated heterocycles. The lowest BCUT2D eigenvalue weighted by molar-refractivity contribution is 0.923. The normalized spacial score (nSPS) is 10.3. The van der Waals surface area contributed by atoms with E-state index < -0.39 is 0 Å². The topological polar surface area (TPSA) is 38.0 Å². The third kappa shape index (κ3) is 2.83. The van der Waals surface area contributed by atoms with Crippen molar-refractivity contribution in [3.63, 3.8) is 0 Å². The second kappa shape index (κ2) is 5.58. The molecule has 0 spiro atoms. The van der Waals surface area contributed by atoms with Gasteiger partial charge in [0.2, 0.25) is 0 Å². The fourth-order valence-corrected chi connectivity index (χ4v) is 2.05. The minimum Gasteiger partial charge on any atom is -0.397 e. The van der Waals surface area contributed by atoms with Crippen molar-refractivity contribution in [2.24, 2.45) is 0 Å². The Hall–Kier alpha value is -1.96. The van der Waals surface area contributed by atoms with Crippen molar-refractivity contribution in [2.45, 2.75) is 26.7 Å². The molecule has 2 aromatic carbocycles. The number of aryl methyl sites for hydroxylation is 2. The molecule has 0 aliphatic carbocycles. The summed E-state index contributed by atoms with van der Waals surface area (Å²) < 4.78 is 0. The number of para-hydroxylation sites is 1. The van der Waals surface area contributed by atoms with Gasteiger partial charge in [0.05, 0.1) is 11.4 Å². The standard InChI is InChI=1S/C16H20N2/c1-3-6-13-7-4-5-8-15(13)18-16-11-12(2)9-10-14(16)17/h4-5,7-11,18H,3,6,17H2,1-2H3. The molecule has 0 bridgehead atoms. The third-order valence-corrected chi connectivity index (χ3v) is 3.01. The zero-order valence-corrected chi connectivity index (χ0v) is 11.0. The zero-order chi connectivity index (χ0) is 13.0. The van der Waals surface area contributed by atoms with Gasteiger partial charge in [-0.2, -0.15) is 0 Å². The monoisotopic (exact) mass is 240 g/mol. The van der Waals surface area contributed by atoms with Crippen molar-refractivity contribution in [1.82, 2.24) is 0 Å². The van der Waals surface area contributed by atoms with E-state index in [-0.39, 0.29) is 0 Å². The van der Waals surface area contributed by atoms with Gasteiger partial charge < -0.3 is 11.1 Å². The summed E-state index contributed by atoms with van der Waals surface area (Å²) in [5, 5.41) is 3.44. The lowest BCUT2D eigenvalue weighted by Gasteiger charge is -2.13. The van der Waals surface area contributed by atoms with E-state index in [9.17, 15) is 0 Å². The van der Waals surface area contributed by atoms with Crippen molar-refractivity contribution in [1.29, 1.82) is 0 Å². The van der Waals surface area contributed by atoms with Crippen LogP contribution in [-0.2, 0) is 6.42 Å². The van der Waals surface area contributed by atoms with E-state index in [1.165, 1.54) is 11.1 Å². The van der Waals surface area contributed by atoms with Gasteiger partial charge in [0.1, 0.15) is 0 Å². The van der Waals surface area contributed by atoms with Gasteiger partial charge in [0.25, 0.3) is 0 Å². The summed E-state index contributed by atoms with van der Waals surface area (Å²) in [6.07, 6.45) is 2.22. The predicted molar refractivity (Wildman–Crippen MR) is 79.3 cm³/mol. The van der Waals surface area contributed by atoms with E-state index in [1.807, 2.05) is 18.2 Å². The minimum absolute atomic E-state index is 0.784. The number of nitrogen functional groups attached to an aromatic ring is 1. The molecule has 0 fully saturated rings. The second-order valence-corrected chi connectivity index (χ2v) is 4.62. The molecule has 0 unspecified atom stereocenters. The summed E-state index contributed by atoms with van der Waals surface area (Å²) in [5.41, 5.74) is 11.5. The number of nitrogens with one attached hydrogen (secondary N) is 1. The molecule has 18 heavy (non-hydrogen) atoms. The van der Waals surface area contributed by atoms with E-state index in [2.05, 4.69) is 43.4 Å². The van der Waals surface area contributed by atoms with Gasteiger partial charge in [-0.3, -0.25) is 0 Å². The van der Waals surface area contributed by atoms with Crippen LogP contribution in [0.15, 0.2) is 42.5 Å². The van der Waals surface area contributed by atoms with Crippen LogP contribution in [0.2, 0.25) is 0 Å². The number of hydrogen-bond donors (Lipinski definition) is 2. The van der Waals surface area contributed by atoms with E-state index in [0.717, 1.165) is 29.9 Å². The third-order valence-electron chi connectivity index (χ3n) is 3.01. The smallest absolute Gasteiger partial charge is 0.0620 e. The van der Waals surface area contributed by atoms with Gasteiger partial charge in [-0.15, -0.1) is 0 Å². The largest absolute Gasteiger partial charge is 0.397 e. The van der Waals surface area contributed by atoms with Gasteiger partial charge in [-0.25, -0.2) is 0 Å². The summed E-state index contributed by atoms with van der Waals surface area (Å²) in [4.78, 5) is 0. The molecule has 2 rings (SSSR count). The summed E-state index contributed by atoms with van der Waals surface area (Å²) in [6.45, 7) is 4.26. The molecule has 0 aliphatic rings. The molecule has 2 aromatic rings. The molecule has 3 N–H and O–H groups in total. The predicted octanol–water partition coefficient (Wildman–Crippen LogP) is 4.27. The van der Waals surface area contributed by atoms with Crippen molar-refractivity contribution >= 4 is 17.1 Å². The van der Waals surface area contributed by atoms with Gasteiger partial charge in [-0.05, 0) is 42.7 Å². The highest BCUT2D eigenvalue weighted by atomic mass is 14.9. The minimum atomic E-state index is 0.784. The second-order valence-electron chi connectivity index (χ2n) is 4.62. The Labute approximate surface area is 109 Å². The molecule has 0 amide bonds. The lowest BCUT2D eigenvalue weighted by atomic mass is 10.1. The zero-order valence-electron chi connectivity index (χ0n) is 11.0. The van der Waals surface area contributed by atoms with Crippen LogP contribution < -0.4 is 11.1 Å². The SMILES string of the molecule is CCCc1ccccc1Nc1cc(C)ccc1N. The van der Waals surface area contributed by atoms with Crippen LogP contribution in [-0.4, -0.2) is 0 Å². The highest BCUT2D eigenvalue weighted by Gasteiger charge is 2.04. The van der Waals surface area contributed by atoms with E-state index in [1.54, 1.807) is 0 Å². The Morgan fingerprint density at radius 3 is 2.61 bits per heavy atom. The molecule has 0 radical (unpaired) electrons. The van der Waals surface area contributed by atoms with Crippen LogP contribution in [0, 0.1) is 6.92 Å². The van der Waals surface area contributed by atoms with Gasteiger partial charge >= 0.3 is 0 Å². The summed E-state index contributed by atoms with van der Waals surface area (Å²) in [5.74, 6) is 0. The molecule has 0 aliphatic heterocycles. The fraction of sp³-hybridized carbons (Fsp3) is 0.250. The number of rotatable bonds is 4. The van der Waals surface area contributed by atoms with Crippen LogP contribution in [0.1, 0.15) is 24.5 Å². The van der Waals surface area contributed by atoms with Gasteiger partial charge in [0, 0.05) is 5.69 Å². The van der Waals surface area contributed by atoms with Gasteiger partial charge in [0.15, 0.2) is 0 Å². The summed E-state index contributed by atoms with van der Waals surface area (Å²) in [7, 11) is 0. The van der Waals surface area contributed by atoms with Crippen LogP contribution >= 0.6 is 0 Å². The molecule has 0 saturated carbocycles. The van der Waals surface area contributed by atoms with E-state index >= 15 is 0 Å².